The maximum atomic E-state index is 5.63. The highest BCUT2D eigenvalue weighted by Gasteiger charge is 2.30. The molecule has 0 spiro atoms. The van der Waals surface area contributed by atoms with Crippen molar-refractivity contribution in [3.8, 4) is 0 Å². The van der Waals surface area contributed by atoms with Crippen LogP contribution in [-0.2, 0) is 4.74 Å². The van der Waals surface area contributed by atoms with Gasteiger partial charge in [-0.25, -0.2) is 0 Å². The van der Waals surface area contributed by atoms with Crippen LogP contribution in [-0.4, -0.2) is 49.8 Å². The van der Waals surface area contributed by atoms with Gasteiger partial charge in [0.15, 0.2) is 0 Å². The number of piperidine rings is 1. The molecule has 1 aliphatic carbocycles. The number of nitrogens with one attached hydrogen (secondary N) is 1. The SMILES string of the molecule is COC1(C)CCCN(CCNC2CCCC2)C1. The van der Waals surface area contributed by atoms with Crippen LogP contribution in [0.5, 0.6) is 0 Å². The predicted octanol–water partition coefficient (Wildman–Crippen LogP) is 2.02. The van der Waals surface area contributed by atoms with Crippen molar-refractivity contribution >= 4 is 0 Å². The average molecular weight is 240 g/mol. The van der Waals surface area contributed by atoms with Crippen molar-refractivity contribution in [3.63, 3.8) is 0 Å². The van der Waals surface area contributed by atoms with Gasteiger partial charge >= 0.3 is 0 Å². The highest BCUT2D eigenvalue weighted by Crippen LogP contribution is 2.23. The fourth-order valence-electron chi connectivity index (χ4n) is 3.22. The van der Waals surface area contributed by atoms with Crippen LogP contribution in [0.25, 0.3) is 0 Å². The van der Waals surface area contributed by atoms with Crippen molar-refractivity contribution in [2.75, 3.05) is 33.3 Å². The fourth-order valence-corrected chi connectivity index (χ4v) is 3.22. The number of likely N-dealkylation sites (tertiary alicyclic amines) is 1. The van der Waals surface area contributed by atoms with Gasteiger partial charge in [0.25, 0.3) is 0 Å². The number of methoxy groups -OCH3 is 1. The molecule has 1 N–H and O–H groups in total. The van der Waals surface area contributed by atoms with Crippen LogP contribution >= 0.6 is 0 Å². The summed E-state index contributed by atoms with van der Waals surface area (Å²) >= 11 is 0. The third-order valence-electron chi connectivity index (χ3n) is 4.45. The maximum absolute atomic E-state index is 5.63. The van der Waals surface area contributed by atoms with Gasteiger partial charge in [0.1, 0.15) is 0 Å². The Hall–Kier alpha value is -0.120. The number of hydrogen-bond acceptors (Lipinski definition) is 3. The van der Waals surface area contributed by atoms with E-state index in [4.69, 9.17) is 4.74 Å². The van der Waals surface area contributed by atoms with Crippen LogP contribution in [0, 0.1) is 0 Å². The molecule has 0 aromatic heterocycles. The van der Waals surface area contributed by atoms with Crippen molar-refractivity contribution in [1.82, 2.24) is 10.2 Å². The third-order valence-corrected chi connectivity index (χ3v) is 4.45. The summed E-state index contributed by atoms with van der Waals surface area (Å²) in [4.78, 5) is 2.55. The van der Waals surface area contributed by atoms with Crippen molar-refractivity contribution in [1.29, 1.82) is 0 Å². The standard InChI is InChI=1S/C14H28N2O/c1-14(17-2)8-5-10-16(12-14)11-9-15-13-6-3-4-7-13/h13,15H,3-12H2,1-2H3. The van der Waals surface area contributed by atoms with Gasteiger partial charge in [0.2, 0.25) is 0 Å². The zero-order valence-corrected chi connectivity index (χ0v) is 11.5. The molecule has 2 aliphatic rings. The minimum Gasteiger partial charge on any atom is -0.377 e. The monoisotopic (exact) mass is 240 g/mol. The van der Waals surface area contributed by atoms with Crippen molar-refractivity contribution in [3.05, 3.63) is 0 Å². The first-order valence-corrected chi connectivity index (χ1v) is 7.23. The van der Waals surface area contributed by atoms with E-state index < -0.39 is 0 Å². The molecule has 1 atom stereocenters. The van der Waals surface area contributed by atoms with Crippen LogP contribution in [0.3, 0.4) is 0 Å². The zero-order chi connectivity index (χ0) is 12.1. The van der Waals surface area contributed by atoms with Crippen LogP contribution in [0.2, 0.25) is 0 Å². The van der Waals surface area contributed by atoms with Gasteiger partial charge in [-0.2, -0.15) is 0 Å². The quantitative estimate of drug-likeness (QED) is 0.795. The molecule has 0 aromatic carbocycles. The summed E-state index contributed by atoms with van der Waals surface area (Å²) in [7, 11) is 1.85. The van der Waals surface area contributed by atoms with Gasteiger partial charge in [-0.1, -0.05) is 12.8 Å². The molecule has 3 nitrogen and oxygen atoms in total. The average Bonchev–Trinajstić information content (AvgIpc) is 2.82. The highest BCUT2D eigenvalue weighted by molar-refractivity contribution is 4.85. The topological polar surface area (TPSA) is 24.5 Å². The molecule has 0 aromatic rings. The highest BCUT2D eigenvalue weighted by atomic mass is 16.5. The van der Waals surface area contributed by atoms with E-state index in [0.717, 1.165) is 19.1 Å². The first-order valence-electron chi connectivity index (χ1n) is 7.23. The van der Waals surface area contributed by atoms with Gasteiger partial charge in [-0.05, 0) is 39.2 Å². The molecule has 2 fully saturated rings. The molecular formula is C14H28N2O. The Kier molecular flexibility index (Phi) is 4.83. The number of hydrogen-bond donors (Lipinski definition) is 1. The molecule has 1 unspecified atom stereocenters. The largest absolute Gasteiger partial charge is 0.377 e. The maximum Gasteiger partial charge on any atom is 0.0777 e. The Morgan fingerprint density at radius 3 is 2.76 bits per heavy atom. The van der Waals surface area contributed by atoms with E-state index in [-0.39, 0.29) is 5.60 Å². The van der Waals surface area contributed by atoms with Gasteiger partial charge < -0.3 is 10.1 Å². The molecule has 100 valence electrons. The predicted molar refractivity (Wildman–Crippen MR) is 71.3 cm³/mol. The Morgan fingerprint density at radius 2 is 2.06 bits per heavy atom. The number of ether oxygens (including phenoxy) is 1. The molecule has 0 bridgehead atoms. The normalized spacial score (nSPS) is 32.1. The Labute approximate surface area is 106 Å². The van der Waals surface area contributed by atoms with E-state index in [1.165, 1.54) is 51.6 Å². The molecule has 17 heavy (non-hydrogen) atoms. The Bertz CT molecular complexity index is 228. The molecule has 1 aliphatic heterocycles. The van der Waals surface area contributed by atoms with Crippen molar-refractivity contribution in [2.45, 2.75) is 57.1 Å². The van der Waals surface area contributed by atoms with Crippen LogP contribution in [0.4, 0.5) is 0 Å². The lowest BCUT2D eigenvalue weighted by molar-refractivity contribution is -0.0503. The summed E-state index contributed by atoms with van der Waals surface area (Å²) in [5.74, 6) is 0. The fraction of sp³-hybridized carbons (Fsp3) is 1.00. The van der Waals surface area contributed by atoms with Gasteiger partial charge in [0, 0.05) is 32.8 Å². The van der Waals surface area contributed by atoms with E-state index in [2.05, 4.69) is 17.1 Å². The van der Waals surface area contributed by atoms with Gasteiger partial charge in [0.05, 0.1) is 5.60 Å². The molecule has 0 amide bonds. The molecule has 1 heterocycles. The lowest BCUT2D eigenvalue weighted by atomic mass is 9.95. The van der Waals surface area contributed by atoms with Crippen molar-refractivity contribution < 1.29 is 4.74 Å². The first-order chi connectivity index (χ1) is 8.22. The second-order valence-corrected chi connectivity index (χ2v) is 5.97. The molecule has 0 radical (unpaired) electrons. The Balaban J connectivity index is 1.64. The van der Waals surface area contributed by atoms with Crippen LogP contribution in [0.15, 0.2) is 0 Å². The first kappa shape index (κ1) is 13.3. The van der Waals surface area contributed by atoms with Gasteiger partial charge in [-0.3, -0.25) is 4.90 Å². The summed E-state index contributed by atoms with van der Waals surface area (Å²) in [5.41, 5.74) is 0.0889. The van der Waals surface area contributed by atoms with E-state index in [1.54, 1.807) is 0 Å². The lowest BCUT2D eigenvalue weighted by Crippen LogP contribution is -2.49. The summed E-state index contributed by atoms with van der Waals surface area (Å²) in [6.45, 7) is 6.89. The molecule has 2 rings (SSSR count). The summed E-state index contributed by atoms with van der Waals surface area (Å²) < 4.78 is 5.63. The summed E-state index contributed by atoms with van der Waals surface area (Å²) in [6, 6.07) is 0.800. The summed E-state index contributed by atoms with van der Waals surface area (Å²) in [6.07, 6.45) is 8.08. The lowest BCUT2D eigenvalue weighted by Gasteiger charge is -2.39. The number of nitrogens with zero attached hydrogens (tertiary/aromatic N) is 1. The third kappa shape index (κ3) is 3.94. The van der Waals surface area contributed by atoms with Gasteiger partial charge in [-0.15, -0.1) is 0 Å². The van der Waals surface area contributed by atoms with E-state index in [9.17, 15) is 0 Å². The second kappa shape index (κ2) is 6.17. The smallest absolute Gasteiger partial charge is 0.0777 e. The minimum absolute atomic E-state index is 0.0889. The minimum atomic E-state index is 0.0889. The van der Waals surface area contributed by atoms with Crippen LogP contribution < -0.4 is 5.32 Å². The second-order valence-electron chi connectivity index (χ2n) is 5.97. The molecular weight excluding hydrogens is 212 g/mol. The van der Waals surface area contributed by atoms with E-state index in [0.29, 0.717) is 0 Å². The molecule has 1 saturated heterocycles. The van der Waals surface area contributed by atoms with E-state index >= 15 is 0 Å². The summed E-state index contributed by atoms with van der Waals surface area (Å²) in [5, 5.41) is 3.69. The molecule has 3 heteroatoms. The molecule has 1 saturated carbocycles. The van der Waals surface area contributed by atoms with Crippen LogP contribution in [0.1, 0.15) is 45.4 Å². The van der Waals surface area contributed by atoms with E-state index in [1.807, 2.05) is 7.11 Å². The zero-order valence-electron chi connectivity index (χ0n) is 11.5. The Morgan fingerprint density at radius 1 is 1.29 bits per heavy atom. The van der Waals surface area contributed by atoms with Crippen molar-refractivity contribution in [2.24, 2.45) is 0 Å². The number of rotatable bonds is 5.